The number of nitrogens with zero attached hydrogens (tertiary/aromatic N) is 2. The van der Waals surface area contributed by atoms with E-state index in [1.165, 1.54) is 0 Å². The van der Waals surface area contributed by atoms with Gasteiger partial charge in [0.1, 0.15) is 11.6 Å². The van der Waals surface area contributed by atoms with Gasteiger partial charge in [-0.2, -0.15) is 0 Å². The van der Waals surface area contributed by atoms with Crippen LogP contribution in [-0.2, 0) is 16.4 Å². The zero-order chi connectivity index (χ0) is 15.6. The van der Waals surface area contributed by atoms with E-state index in [1.54, 1.807) is 43.7 Å². The lowest BCUT2D eigenvalue weighted by molar-refractivity contribution is 0.414. The fourth-order valence-electron chi connectivity index (χ4n) is 2.19. The molecular weight excluding hydrogens is 290 g/mol. The molecule has 21 heavy (non-hydrogen) atoms. The first-order chi connectivity index (χ1) is 9.89. The van der Waals surface area contributed by atoms with Crippen molar-refractivity contribution >= 4 is 15.5 Å². The average molecular weight is 311 g/mol. The molecule has 7 heteroatoms. The van der Waals surface area contributed by atoms with Gasteiger partial charge < -0.3 is 9.14 Å². The summed E-state index contributed by atoms with van der Waals surface area (Å²) in [5, 5.41) is 0.0542. The molecule has 0 aromatic carbocycles. The minimum atomic E-state index is -3.65. The van der Waals surface area contributed by atoms with Gasteiger partial charge in [-0.3, -0.25) is 0 Å². The van der Waals surface area contributed by atoms with Crippen LogP contribution in [0.4, 0.5) is 0 Å². The van der Waals surface area contributed by atoms with E-state index >= 15 is 0 Å². The van der Waals surface area contributed by atoms with Gasteiger partial charge in [-0.05, 0) is 26.3 Å². The number of ether oxygens (including phenoxy) is 1. The van der Waals surface area contributed by atoms with Gasteiger partial charge in [-0.1, -0.05) is 6.92 Å². The first-order valence-electron chi connectivity index (χ1n) is 6.96. The maximum absolute atomic E-state index is 12.4. The van der Waals surface area contributed by atoms with Gasteiger partial charge in [-0.25, -0.2) is 18.1 Å². The van der Waals surface area contributed by atoms with E-state index in [9.17, 15) is 8.42 Å². The zero-order valence-electron chi connectivity index (χ0n) is 12.8. The summed E-state index contributed by atoms with van der Waals surface area (Å²) in [4.78, 5) is 4.34. The Morgan fingerprint density at radius 3 is 2.71 bits per heavy atom. The van der Waals surface area contributed by atoms with Crippen molar-refractivity contribution in [1.29, 1.82) is 0 Å². The molecule has 0 aliphatic carbocycles. The van der Waals surface area contributed by atoms with Crippen molar-refractivity contribution < 1.29 is 13.2 Å². The van der Waals surface area contributed by atoms with Crippen LogP contribution in [0.25, 0.3) is 5.52 Å². The quantitative estimate of drug-likeness (QED) is 0.885. The van der Waals surface area contributed by atoms with E-state index in [1.807, 2.05) is 6.92 Å². The summed E-state index contributed by atoms with van der Waals surface area (Å²) in [6, 6.07) is 3.30. The van der Waals surface area contributed by atoms with Crippen molar-refractivity contribution in [2.75, 3.05) is 7.11 Å². The van der Waals surface area contributed by atoms with Crippen LogP contribution in [0.3, 0.4) is 0 Å². The Hall–Kier alpha value is -1.60. The summed E-state index contributed by atoms with van der Waals surface area (Å²) in [5.41, 5.74) is 0.533. The number of aryl methyl sites for hydroxylation is 1. The van der Waals surface area contributed by atoms with Crippen LogP contribution in [0.5, 0.6) is 5.75 Å². The third kappa shape index (κ3) is 3.19. The largest absolute Gasteiger partial charge is 0.497 e. The lowest BCUT2D eigenvalue weighted by Gasteiger charge is -2.08. The number of methoxy groups -OCH3 is 1. The molecule has 0 saturated carbocycles. The van der Waals surface area contributed by atoms with Crippen LogP contribution in [0.1, 0.15) is 33.0 Å². The highest BCUT2D eigenvalue weighted by Gasteiger charge is 2.24. The molecule has 0 saturated heterocycles. The molecule has 2 heterocycles. The van der Waals surface area contributed by atoms with Crippen LogP contribution in [0.15, 0.2) is 23.4 Å². The standard InChI is InChI=1S/C14H21N3O3S/c1-5-6-13-15-14(21(18,19)16-10(2)3)12-9-11(20-4)7-8-17(12)13/h7-10,16H,5-6H2,1-4H3. The van der Waals surface area contributed by atoms with Gasteiger partial charge in [0.05, 0.1) is 12.6 Å². The van der Waals surface area contributed by atoms with E-state index in [4.69, 9.17) is 4.74 Å². The Morgan fingerprint density at radius 1 is 1.43 bits per heavy atom. The second-order valence-electron chi connectivity index (χ2n) is 5.18. The molecule has 2 rings (SSSR count). The molecule has 0 bridgehead atoms. The van der Waals surface area contributed by atoms with Gasteiger partial charge in [0.15, 0.2) is 5.03 Å². The predicted molar refractivity (Wildman–Crippen MR) is 81.2 cm³/mol. The molecule has 0 aliphatic heterocycles. The molecule has 0 amide bonds. The minimum Gasteiger partial charge on any atom is -0.497 e. The number of hydrogen-bond acceptors (Lipinski definition) is 4. The van der Waals surface area contributed by atoms with Crippen LogP contribution < -0.4 is 9.46 Å². The number of sulfonamides is 1. The Kier molecular flexibility index (Phi) is 4.53. The number of hydrogen-bond donors (Lipinski definition) is 1. The van der Waals surface area contributed by atoms with Crippen molar-refractivity contribution in [2.45, 2.75) is 44.7 Å². The maximum atomic E-state index is 12.4. The Balaban J connectivity index is 2.67. The van der Waals surface area contributed by atoms with Crippen molar-refractivity contribution in [3.8, 4) is 5.75 Å². The molecule has 116 valence electrons. The molecule has 0 spiro atoms. The SMILES string of the molecule is CCCc1nc(S(=O)(=O)NC(C)C)c2cc(OC)ccn12. The molecule has 0 unspecified atom stereocenters. The highest BCUT2D eigenvalue weighted by molar-refractivity contribution is 7.89. The molecule has 1 N–H and O–H groups in total. The Morgan fingerprint density at radius 2 is 2.14 bits per heavy atom. The van der Waals surface area contributed by atoms with E-state index in [0.717, 1.165) is 12.2 Å². The molecule has 0 radical (unpaired) electrons. The van der Waals surface area contributed by atoms with E-state index in [2.05, 4.69) is 9.71 Å². The normalized spacial score (nSPS) is 12.2. The molecule has 0 aliphatic rings. The Labute approximate surface area is 125 Å². The van der Waals surface area contributed by atoms with Crippen LogP contribution in [-0.4, -0.2) is 31.0 Å². The number of imidazole rings is 1. The van der Waals surface area contributed by atoms with Gasteiger partial charge in [0.2, 0.25) is 0 Å². The van der Waals surface area contributed by atoms with E-state index < -0.39 is 10.0 Å². The summed E-state index contributed by atoms with van der Waals surface area (Å²) < 4.78 is 34.5. The molecule has 2 aromatic heterocycles. The third-order valence-electron chi connectivity index (χ3n) is 3.01. The fourth-order valence-corrected chi connectivity index (χ4v) is 3.58. The summed E-state index contributed by atoms with van der Waals surface area (Å²) in [6.07, 6.45) is 3.40. The lowest BCUT2D eigenvalue weighted by atomic mass is 10.3. The van der Waals surface area contributed by atoms with Crippen LogP contribution in [0.2, 0.25) is 0 Å². The smallest absolute Gasteiger partial charge is 0.260 e. The molecule has 0 fully saturated rings. The number of fused-ring (bicyclic) bond motifs is 1. The summed E-state index contributed by atoms with van der Waals surface area (Å²) in [7, 11) is -2.09. The van der Waals surface area contributed by atoms with Crippen molar-refractivity contribution in [3.05, 3.63) is 24.2 Å². The average Bonchev–Trinajstić information content (AvgIpc) is 2.77. The number of pyridine rings is 1. The maximum Gasteiger partial charge on any atom is 0.260 e. The van der Waals surface area contributed by atoms with Crippen LogP contribution in [0, 0.1) is 0 Å². The number of aromatic nitrogens is 2. The van der Waals surface area contributed by atoms with E-state index in [0.29, 0.717) is 17.7 Å². The van der Waals surface area contributed by atoms with Gasteiger partial charge in [-0.15, -0.1) is 0 Å². The van der Waals surface area contributed by atoms with Crippen molar-refractivity contribution in [1.82, 2.24) is 14.1 Å². The van der Waals surface area contributed by atoms with Gasteiger partial charge in [0.25, 0.3) is 10.0 Å². The van der Waals surface area contributed by atoms with Gasteiger partial charge in [0, 0.05) is 24.7 Å². The van der Waals surface area contributed by atoms with Crippen molar-refractivity contribution in [2.24, 2.45) is 0 Å². The summed E-state index contributed by atoms with van der Waals surface area (Å²) in [5.74, 6) is 1.34. The summed E-state index contributed by atoms with van der Waals surface area (Å²) in [6.45, 7) is 5.60. The topological polar surface area (TPSA) is 72.7 Å². The second-order valence-corrected chi connectivity index (χ2v) is 6.81. The number of rotatable bonds is 6. The fraction of sp³-hybridized carbons (Fsp3) is 0.500. The first kappa shape index (κ1) is 15.8. The van der Waals surface area contributed by atoms with Crippen LogP contribution >= 0.6 is 0 Å². The third-order valence-corrected chi connectivity index (χ3v) is 4.60. The first-order valence-corrected chi connectivity index (χ1v) is 8.44. The monoisotopic (exact) mass is 311 g/mol. The molecule has 0 atom stereocenters. The lowest BCUT2D eigenvalue weighted by Crippen LogP contribution is -2.30. The molecular formula is C14H21N3O3S. The minimum absolute atomic E-state index is 0.0542. The molecule has 6 nitrogen and oxygen atoms in total. The predicted octanol–water partition coefficient (Wildman–Crippen LogP) is 1.98. The van der Waals surface area contributed by atoms with E-state index in [-0.39, 0.29) is 11.1 Å². The Bertz CT molecular complexity index is 735. The zero-order valence-corrected chi connectivity index (χ0v) is 13.6. The summed E-state index contributed by atoms with van der Waals surface area (Å²) >= 11 is 0. The van der Waals surface area contributed by atoms with Crippen molar-refractivity contribution in [3.63, 3.8) is 0 Å². The highest BCUT2D eigenvalue weighted by Crippen LogP contribution is 2.23. The van der Waals surface area contributed by atoms with Gasteiger partial charge >= 0.3 is 0 Å². The molecule has 2 aromatic rings. The highest BCUT2D eigenvalue weighted by atomic mass is 32.2. The second kappa shape index (κ2) is 6.03. The number of nitrogens with one attached hydrogen (secondary N) is 1.